The summed E-state index contributed by atoms with van der Waals surface area (Å²) in [6, 6.07) is 3.71. The molecule has 1 aromatic carbocycles. The minimum Gasteiger partial charge on any atom is -0.449 e. The lowest BCUT2D eigenvalue weighted by Gasteiger charge is -2.26. The quantitative estimate of drug-likeness (QED) is 0.903. The molecule has 3 N–H and O–H groups in total. The first-order valence-electron chi connectivity index (χ1n) is 7.66. The maximum atomic E-state index is 12.6. The van der Waals surface area contributed by atoms with Crippen molar-refractivity contribution < 1.29 is 14.0 Å². The molecule has 1 aliphatic carbocycles. The number of carbonyl (C=O) groups excluding carboxylic acids is 2. The molecule has 2 amide bonds. The second-order valence-corrected chi connectivity index (χ2v) is 6.69. The van der Waals surface area contributed by atoms with Crippen LogP contribution in [0, 0.1) is 13.8 Å². The van der Waals surface area contributed by atoms with Gasteiger partial charge in [-0.15, -0.1) is 0 Å². The topological polar surface area (TPSA) is 85.3 Å². The molecule has 1 heterocycles. The highest BCUT2D eigenvalue weighted by atomic mass is 35.5. The molecule has 1 fully saturated rings. The van der Waals surface area contributed by atoms with E-state index in [0.717, 1.165) is 23.8 Å². The van der Waals surface area contributed by atoms with Crippen molar-refractivity contribution >= 4 is 34.4 Å². The minimum absolute atomic E-state index is 0.181. The van der Waals surface area contributed by atoms with Crippen LogP contribution in [0.25, 0.3) is 11.0 Å². The van der Waals surface area contributed by atoms with Crippen LogP contribution in [-0.4, -0.2) is 17.4 Å². The third kappa shape index (κ3) is 2.59. The Labute approximate surface area is 139 Å². The van der Waals surface area contributed by atoms with Crippen LogP contribution in [0.1, 0.15) is 47.4 Å². The molecule has 0 saturated heterocycles. The molecule has 0 radical (unpaired) electrons. The number of rotatable bonds is 3. The Hall–Kier alpha value is -2.01. The number of aryl methyl sites for hydroxylation is 2. The van der Waals surface area contributed by atoms with E-state index in [9.17, 15) is 9.59 Å². The summed E-state index contributed by atoms with van der Waals surface area (Å²) >= 11 is 6.20. The molecule has 5 nitrogen and oxygen atoms in total. The number of furan rings is 1. The number of hydrogen-bond acceptors (Lipinski definition) is 3. The lowest BCUT2D eigenvalue weighted by atomic mass is 9.96. The number of halogens is 1. The van der Waals surface area contributed by atoms with Gasteiger partial charge in [-0.3, -0.25) is 9.59 Å². The molecule has 0 spiro atoms. The molecular formula is C17H19ClN2O3. The Kier molecular flexibility index (Phi) is 3.84. The Balaban J connectivity index is 2.00. The van der Waals surface area contributed by atoms with Crippen molar-refractivity contribution in [1.82, 2.24) is 5.32 Å². The van der Waals surface area contributed by atoms with Crippen LogP contribution in [0.3, 0.4) is 0 Å². The lowest BCUT2D eigenvalue weighted by Crippen LogP contribution is -2.55. The van der Waals surface area contributed by atoms with Gasteiger partial charge in [0.1, 0.15) is 5.54 Å². The first kappa shape index (κ1) is 15.9. The molecule has 3 rings (SSSR count). The average Bonchev–Trinajstić information content (AvgIpc) is 3.06. The predicted molar refractivity (Wildman–Crippen MR) is 88.6 cm³/mol. The SMILES string of the molecule is Cc1cc(Cl)c2oc(C(=O)NC3(C(N)=O)CCCC3)c(C)c2c1. The first-order valence-corrected chi connectivity index (χ1v) is 8.03. The van der Waals surface area contributed by atoms with Crippen molar-refractivity contribution in [2.45, 2.75) is 45.1 Å². The molecule has 1 aliphatic rings. The van der Waals surface area contributed by atoms with Crippen LogP contribution >= 0.6 is 11.6 Å². The number of amides is 2. The van der Waals surface area contributed by atoms with Crippen molar-refractivity contribution in [2.24, 2.45) is 5.73 Å². The van der Waals surface area contributed by atoms with E-state index in [1.54, 1.807) is 6.07 Å². The van der Waals surface area contributed by atoms with Gasteiger partial charge in [0.05, 0.1) is 5.02 Å². The zero-order valence-electron chi connectivity index (χ0n) is 13.2. The summed E-state index contributed by atoms with van der Waals surface area (Å²) in [7, 11) is 0. The van der Waals surface area contributed by atoms with Crippen molar-refractivity contribution in [2.75, 3.05) is 0 Å². The third-order valence-corrected chi connectivity index (χ3v) is 4.91. The molecular weight excluding hydrogens is 316 g/mol. The van der Waals surface area contributed by atoms with Gasteiger partial charge in [-0.2, -0.15) is 0 Å². The summed E-state index contributed by atoms with van der Waals surface area (Å²) in [5, 5.41) is 4.06. The number of benzene rings is 1. The standard InChI is InChI=1S/C17H19ClN2O3/c1-9-7-11-10(2)13(23-14(11)12(18)8-9)15(21)20-17(16(19)22)5-3-4-6-17/h7-8H,3-6H2,1-2H3,(H2,19,22)(H,20,21). The van der Waals surface area contributed by atoms with Crippen molar-refractivity contribution in [3.8, 4) is 0 Å². The van der Waals surface area contributed by atoms with Gasteiger partial charge in [0.25, 0.3) is 5.91 Å². The summed E-state index contributed by atoms with van der Waals surface area (Å²) in [4.78, 5) is 24.4. The van der Waals surface area contributed by atoms with Crippen LogP contribution in [0.4, 0.5) is 0 Å². The molecule has 2 aromatic rings. The Morgan fingerprint density at radius 3 is 2.52 bits per heavy atom. The van der Waals surface area contributed by atoms with E-state index in [1.165, 1.54) is 0 Å². The fraction of sp³-hybridized carbons (Fsp3) is 0.412. The van der Waals surface area contributed by atoms with Crippen LogP contribution < -0.4 is 11.1 Å². The van der Waals surface area contributed by atoms with E-state index >= 15 is 0 Å². The molecule has 6 heteroatoms. The van der Waals surface area contributed by atoms with Gasteiger partial charge in [0.15, 0.2) is 11.3 Å². The van der Waals surface area contributed by atoms with Crippen LogP contribution in [0.15, 0.2) is 16.5 Å². The second-order valence-electron chi connectivity index (χ2n) is 6.29. The molecule has 23 heavy (non-hydrogen) atoms. The number of nitrogens with two attached hydrogens (primary N) is 1. The number of primary amides is 1. The number of nitrogens with one attached hydrogen (secondary N) is 1. The van der Waals surface area contributed by atoms with Crippen molar-refractivity contribution in [3.05, 3.63) is 34.0 Å². The summed E-state index contributed by atoms with van der Waals surface area (Å²) in [5.41, 5.74) is 6.72. The van der Waals surface area contributed by atoms with E-state index < -0.39 is 17.4 Å². The van der Waals surface area contributed by atoms with E-state index in [-0.39, 0.29) is 5.76 Å². The highest BCUT2D eigenvalue weighted by Crippen LogP contribution is 2.34. The largest absolute Gasteiger partial charge is 0.449 e. The van der Waals surface area contributed by atoms with Gasteiger partial charge in [-0.05, 0) is 44.4 Å². The zero-order chi connectivity index (χ0) is 16.8. The van der Waals surface area contributed by atoms with Crippen LogP contribution in [-0.2, 0) is 4.79 Å². The monoisotopic (exact) mass is 334 g/mol. The number of carbonyl (C=O) groups is 2. The summed E-state index contributed by atoms with van der Waals surface area (Å²) in [6.45, 7) is 3.74. The lowest BCUT2D eigenvalue weighted by molar-refractivity contribution is -0.123. The van der Waals surface area contributed by atoms with Crippen LogP contribution in [0.2, 0.25) is 5.02 Å². The van der Waals surface area contributed by atoms with Gasteiger partial charge < -0.3 is 15.5 Å². The van der Waals surface area contributed by atoms with E-state index in [0.29, 0.717) is 29.0 Å². The maximum Gasteiger partial charge on any atom is 0.288 e. The number of fused-ring (bicyclic) bond motifs is 1. The predicted octanol–water partition coefficient (Wildman–Crippen LogP) is 3.23. The van der Waals surface area contributed by atoms with E-state index in [1.807, 2.05) is 19.9 Å². The summed E-state index contributed by atoms with van der Waals surface area (Å²) < 4.78 is 5.69. The number of hydrogen-bond donors (Lipinski definition) is 2. The maximum absolute atomic E-state index is 12.6. The average molecular weight is 335 g/mol. The molecule has 0 unspecified atom stereocenters. The molecule has 1 saturated carbocycles. The molecule has 122 valence electrons. The fourth-order valence-electron chi connectivity index (χ4n) is 3.31. The molecule has 0 atom stereocenters. The third-order valence-electron chi connectivity index (χ3n) is 4.62. The zero-order valence-corrected chi connectivity index (χ0v) is 13.9. The van der Waals surface area contributed by atoms with Gasteiger partial charge in [-0.25, -0.2) is 0 Å². The van der Waals surface area contributed by atoms with Crippen molar-refractivity contribution in [1.29, 1.82) is 0 Å². The molecule has 0 aliphatic heterocycles. The summed E-state index contributed by atoms with van der Waals surface area (Å²) in [6.07, 6.45) is 2.86. The molecule has 1 aromatic heterocycles. The minimum atomic E-state index is -0.970. The van der Waals surface area contributed by atoms with Gasteiger partial charge in [-0.1, -0.05) is 24.4 Å². The Morgan fingerprint density at radius 1 is 1.26 bits per heavy atom. The normalized spacial score (nSPS) is 16.7. The first-order chi connectivity index (χ1) is 10.8. The van der Waals surface area contributed by atoms with E-state index in [2.05, 4.69) is 5.32 Å². The smallest absolute Gasteiger partial charge is 0.288 e. The Bertz CT molecular complexity index is 804. The van der Waals surface area contributed by atoms with Gasteiger partial charge in [0.2, 0.25) is 5.91 Å². The van der Waals surface area contributed by atoms with Gasteiger partial charge >= 0.3 is 0 Å². The second kappa shape index (κ2) is 5.57. The molecule has 0 bridgehead atoms. The van der Waals surface area contributed by atoms with E-state index in [4.69, 9.17) is 21.8 Å². The highest BCUT2D eigenvalue weighted by Gasteiger charge is 2.41. The van der Waals surface area contributed by atoms with Crippen LogP contribution in [0.5, 0.6) is 0 Å². The Morgan fingerprint density at radius 2 is 1.91 bits per heavy atom. The van der Waals surface area contributed by atoms with Gasteiger partial charge in [0, 0.05) is 10.9 Å². The highest BCUT2D eigenvalue weighted by molar-refractivity contribution is 6.35. The fourth-order valence-corrected chi connectivity index (χ4v) is 3.63. The van der Waals surface area contributed by atoms with Crippen molar-refractivity contribution in [3.63, 3.8) is 0 Å². The summed E-state index contributed by atoms with van der Waals surface area (Å²) in [5.74, 6) is -0.737.